The van der Waals surface area contributed by atoms with Crippen molar-refractivity contribution in [2.75, 3.05) is 19.6 Å². The summed E-state index contributed by atoms with van der Waals surface area (Å²) in [5.41, 5.74) is 0.852. The molecule has 3 rings (SSSR count). The molecule has 2 aliphatic rings. The number of oxime groups is 1. The van der Waals surface area contributed by atoms with Crippen LogP contribution in [0.4, 0.5) is 4.39 Å². The summed E-state index contributed by atoms with van der Waals surface area (Å²) in [6.45, 7) is 4.86. The van der Waals surface area contributed by atoms with Gasteiger partial charge in [-0.1, -0.05) is 30.6 Å². The lowest BCUT2D eigenvalue weighted by Gasteiger charge is -2.39. The van der Waals surface area contributed by atoms with Gasteiger partial charge in [0.05, 0.1) is 11.1 Å². The molecular weight excluding hydrogens is 335 g/mol. The number of carboxylic acid groups (broad SMARTS) is 1. The van der Waals surface area contributed by atoms with Gasteiger partial charge in [0.25, 0.3) is 0 Å². The van der Waals surface area contributed by atoms with E-state index in [0.29, 0.717) is 25.7 Å². The zero-order valence-corrected chi connectivity index (χ0v) is 15.3. The fourth-order valence-corrected chi connectivity index (χ4v) is 3.88. The first-order valence-electron chi connectivity index (χ1n) is 9.47. The molecule has 142 valence electrons. The van der Waals surface area contributed by atoms with E-state index < -0.39 is 11.4 Å². The Hall–Kier alpha value is -1.95. The number of piperidine rings is 1. The van der Waals surface area contributed by atoms with Crippen LogP contribution in [0.5, 0.6) is 0 Å². The number of likely N-dealkylation sites (tertiary alicyclic amines) is 1. The van der Waals surface area contributed by atoms with Gasteiger partial charge >= 0.3 is 5.97 Å². The van der Waals surface area contributed by atoms with E-state index in [0.717, 1.165) is 43.8 Å². The molecule has 5 nitrogen and oxygen atoms in total. The van der Waals surface area contributed by atoms with Crippen molar-refractivity contribution in [1.82, 2.24) is 4.90 Å². The Morgan fingerprint density at radius 2 is 2.04 bits per heavy atom. The molecule has 0 aliphatic carbocycles. The smallest absolute Gasteiger partial charge is 0.309 e. The first kappa shape index (κ1) is 18.8. The van der Waals surface area contributed by atoms with Crippen LogP contribution in [0.2, 0.25) is 0 Å². The molecule has 2 aliphatic heterocycles. The molecule has 0 spiro atoms. The van der Waals surface area contributed by atoms with E-state index in [2.05, 4.69) is 17.0 Å². The number of rotatable bonds is 7. The Balaban J connectivity index is 1.58. The van der Waals surface area contributed by atoms with Crippen LogP contribution in [0.1, 0.15) is 51.0 Å². The van der Waals surface area contributed by atoms with Crippen LogP contribution < -0.4 is 0 Å². The number of nitrogens with zero attached hydrogens (tertiary/aromatic N) is 2. The predicted molar refractivity (Wildman–Crippen MR) is 97.7 cm³/mol. The third-order valence-electron chi connectivity index (χ3n) is 5.62. The first-order chi connectivity index (χ1) is 12.5. The lowest BCUT2D eigenvalue weighted by molar-refractivity contribution is -0.155. The molecule has 1 fully saturated rings. The maximum absolute atomic E-state index is 13.1. The average Bonchev–Trinajstić information content (AvgIpc) is 3.10. The van der Waals surface area contributed by atoms with E-state index in [1.54, 1.807) is 12.1 Å². The SMILES string of the molecule is CCCCN1CCC(CC2CC(c3ccc(F)cc3)=NO2)(C(=O)O)CC1. The van der Waals surface area contributed by atoms with Gasteiger partial charge in [0.15, 0.2) is 0 Å². The predicted octanol–water partition coefficient (Wildman–Crippen LogP) is 3.68. The van der Waals surface area contributed by atoms with Crippen molar-refractivity contribution >= 4 is 11.7 Å². The number of hydrogen-bond acceptors (Lipinski definition) is 4. The number of unbranched alkanes of at least 4 members (excludes halogenated alkanes) is 1. The van der Waals surface area contributed by atoms with Crippen molar-refractivity contribution in [3.8, 4) is 0 Å². The molecule has 0 aromatic heterocycles. The van der Waals surface area contributed by atoms with Gasteiger partial charge in [-0.3, -0.25) is 4.79 Å². The fraction of sp³-hybridized carbons (Fsp3) is 0.600. The van der Waals surface area contributed by atoms with Crippen molar-refractivity contribution in [3.05, 3.63) is 35.6 Å². The van der Waals surface area contributed by atoms with Crippen LogP contribution >= 0.6 is 0 Å². The normalized spacial score (nSPS) is 22.7. The van der Waals surface area contributed by atoms with E-state index in [1.807, 2.05) is 0 Å². The second kappa shape index (κ2) is 8.16. The lowest BCUT2D eigenvalue weighted by atomic mass is 9.73. The summed E-state index contributed by atoms with van der Waals surface area (Å²) >= 11 is 0. The topological polar surface area (TPSA) is 62.1 Å². The molecule has 26 heavy (non-hydrogen) atoms. The molecule has 1 atom stereocenters. The van der Waals surface area contributed by atoms with E-state index in [9.17, 15) is 14.3 Å². The standard InChI is InChI=1S/C20H27FN2O3/c1-2-3-10-23-11-8-20(9-12-23,19(24)25)14-17-13-18(22-26-17)15-4-6-16(21)7-5-15/h4-7,17H,2-3,8-14H2,1H3,(H,24,25). The minimum Gasteiger partial charge on any atom is -0.481 e. The van der Waals surface area contributed by atoms with Gasteiger partial charge in [0.2, 0.25) is 0 Å². The summed E-state index contributed by atoms with van der Waals surface area (Å²) in [6, 6.07) is 6.16. The molecule has 0 radical (unpaired) electrons. The van der Waals surface area contributed by atoms with Gasteiger partial charge in [0.1, 0.15) is 11.9 Å². The van der Waals surface area contributed by atoms with Crippen LogP contribution in [0.15, 0.2) is 29.4 Å². The molecule has 1 N–H and O–H groups in total. The van der Waals surface area contributed by atoms with Crippen LogP contribution in [-0.2, 0) is 9.63 Å². The summed E-state index contributed by atoms with van der Waals surface area (Å²) in [4.78, 5) is 19.9. The van der Waals surface area contributed by atoms with Crippen molar-refractivity contribution < 1.29 is 19.1 Å². The summed E-state index contributed by atoms with van der Waals surface area (Å²) in [7, 11) is 0. The molecule has 1 aromatic rings. The summed E-state index contributed by atoms with van der Waals surface area (Å²) in [5.74, 6) is -1.02. The molecule has 1 unspecified atom stereocenters. The minimum atomic E-state index is -0.735. The van der Waals surface area contributed by atoms with E-state index >= 15 is 0 Å². The fourth-order valence-electron chi connectivity index (χ4n) is 3.88. The number of halogens is 1. The third kappa shape index (κ3) is 4.23. The molecular formula is C20H27FN2O3. The van der Waals surface area contributed by atoms with Gasteiger partial charge < -0.3 is 14.8 Å². The van der Waals surface area contributed by atoms with E-state index in [1.165, 1.54) is 12.1 Å². The molecule has 6 heteroatoms. The first-order valence-corrected chi connectivity index (χ1v) is 9.47. The van der Waals surface area contributed by atoms with Crippen LogP contribution in [0, 0.1) is 11.2 Å². The highest BCUT2D eigenvalue weighted by Gasteiger charge is 2.44. The maximum Gasteiger partial charge on any atom is 0.309 e. The Morgan fingerprint density at radius 1 is 1.35 bits per heavy atom. The van der Waals surface area contributed by atoms with Crippen molar-refractivity contribution in [2.24, 2.45) is 10.6 Å². The summed E-state index contributed by atoms with van der Waals surface area (Å²) in [5, 5.41) is 14.0. The number of benzene rings is 1. The molecule has 0 bridgehead atoms. The van der Waals surface area contributed by atoms with Gasteiger partial charge in [-0.15, -0.1) is 0 Å². The van der Waals surface area contributed by atoms with Gasteiger partial charge in [-0.05, 0) is 56.6 Å². The van der Waals surface area contributed by atoms with Crippen molar-refractivity contribution in [3.63, 3.8) is 0 Å². The lowest BCUT2D eigenvalue weighted by Crippen LogP contribution is -2.46. The average molecular weight is 362 g/mol. The number of carboxylic acids is 1. The third-order valence-corrected chi connectivity index (χ3v) is 5.62. The monoisotopic (exact) mass is 362 g/mol. The molecule has 1 aromatic carbocycles. The highest BCUT2D eigenvalue weighted by atomic mass is 19.1. The Morgan fingerprint density at radius 3 is 2.65 bits per heavy atom. The number of carbonyl (C=O) groups is 1. The Labute approximate surface area is 153 Å². The van der Waals surface area contributed by atoms with Gasteiger partial charge in [-0.25, -0.2) is 4.39 Å². The van der Waals surface area contributed by atoms with E-state index in [-0.39, 0.29) is 11.9 Å². The highest BCUT2D eigenvalue weighted by molar-refractivity contribution is 6.01. The molecule has 1 saturated heterocycles. The number of aliphatic carboxylic acids is 1. The Bertz CT molecular complexity index is 652. The molecule has 2 heterocycles. The highest BCUT2D eigenvalue weighted by Crippen LogP contribution is 2.39. The van der Waals surface area contributed by atoms with Gasteiger partial charge in [0, 0.05) is 12.8 Å². The summed E-state index contributed by atoms with van der Waals surface area (Å²) in [6.07, 6.45) is 4.42. The molecule has 0 amide bonds. The number of hydrogen-bond donors (Lipinski definition) is 1. The Kier molecular flexibility index (Phi) is 5.91. The van der Waals surface area contributed by atoms with Crippen LogP contribution in [0.25, 0.3) is 0 Å². The second-order valence-electron chi connectivity index (χ2n) is 7.46. The van der Waals surface area contributed by atoms with E-state index in [4.69, 9.17) is 4.84 Å². The zero-order valence-electron chi connectivity index (χ0n) is 15.3. The largest absolute Gasteiger partial charge is 0.481 e. The zero-order chi connectivity index (χ0) is 18.6. The molecule has 0 saturated carbocycles. The van der Waals surface area contributed by atoms with Crippen molar-refractivity contribution in [2.45, 2.75) is 51.6 Å². The van der Waals surface area contributed by atoms with Gasteiger partial charge in [-0.2, -0.15) is 0 Å². The quantitative estimate of drug-likeness (QED) is 0.804. The maximum atomic E-state index is 13.1. The second-order valence-corrected chi connectivity index (χ2v) is 7.46. The van der Waals surface area contributed by atoms with Crippen LogP contribution in [-0.4, -0.2) is 47.4 Å². The minimum absolute atomic E-state index is 0.228. The van der Waals surface area contributed by atoms with Crippen LogP contribution in [0.3, 0.4) is 0 Å². The summed E-state index contributed by atoms with van der Waals surface area (Å²) < 4.78 is 13.1. The van der Waals surface area contributed by atoms with Crippen molar-refractivity contribution in [1.29, 1.82) is 0 Å².